The van der Waals surface area contributed by atoms with Crippen LogP contribution in [0.25, 0.3) is 0 Å². The first-order chi connectivity index (χ1) is 11.4. The Morgan fingerprint density at radius 3 is 2.42 bits per heavy atom. The van der Waals surface area contributed by atoms with Gasteiger partial charge < -0.3 is 4.90 Å². The van der Waals surface area contributed by atoms with Crippen LogP contribution in [-0.2, 0) is 19.6 Å². The highest BCUT2D eigenvalue weighted by atomic mass is 32.2. The molecule has 3 rings (SSSR count). The molecule has 6 nitrogen and oxygen atoms in total. The predicted octanol–water partition coefficient (Wildman–Crippen LogP) is 1.59. The molecule has 2 fully saturated rings. The second-order valence-corrected chi connectivity index (χ2v) is 8.35. The number of nitrogens with zero attached hydrogens (tertiary/aromatic N) is 1. The van der Waals surface area contributed by atoms with Crippen LogP contribution in [0.1, 0.15) is 37.7 Å². The SMILES string of the molecule is Cc1ccc(S(=O)(=O)NC(=O)[C@@H]2CC(=O)N(C3CCCC3)C2)cc1. The van der Waals surface area contributed by atoms with Gasteiger partial charge in [0.25, 0.3) is 10.0 Å². The Morgan fingerprint density at radius 2 is 1.79 bits per heavy atom. The van der Waals surface area contributed by atoms with Gasteiger partial charge in [0, 0.05) is 19.0 Å². The Labute approximate surface area is 142 Å². The van der Waals surface area contributed by atoms with E-state index in [1.807, 2.05) is 6.92 Å². The highest BCUT2D eigenvalue weighted by molar-refractivity contribution is 7.90. The summed E-state index contributed by atoms with van der Waals surface area (Å²) in [4.78, 5) is 26.3. The quantitative estimate of drug-likeness (QED) is 0.894. The average molecular weight is 350 g/mol. The molecule has 1 aromatic rings. The summed E-state index contributed by atoms with van der Waals surface area (Å²) in [5.74, 6) is -1.24. The van der Waals surface area contributed by atoms with Crippen molar-refractivity contribution in [2.75, 3.05) is 6.54 Å². The van der Waals surface area contributed by atoms with E-state index in [1.54, 1.807) is 17.0 Å². The number of aryl methyl sites for hydroxylation is 1. The van der Waals surface area contributed by atoms with Gasteiger partial charge in [0.1, 0.15) is 0 Å². The van der Waals surface area contributed by atoms with E-state index in [4.69, 9.17) is 0 Å². The first-order valence-electron chi connectivity index (χ1n) is 8.29. The van der Waals surface area contributed by atoms with Crippen molar-refractivity contribution in [3.05, 3.63) is 29.8 Å². The van der Waals surface area contributed by atoms with Crippen molar-refractivity contribution in [3.8, 4) is 0 Å². The molecule has 1 atom stereocenters. The number of likely N-dealkylation sites (tertiary alicyclic amines) is 1. The number of carbonyl (C=O) groups excluding carboxylic acids is 2. The van der Waals surface area contributed by atoms with Crippen molar-refractivity contribution in [1.29, 1.82) is 0 Å². The number of hydrogen-bond acceptors (Lipinski definition) is 4. The molecule has 2 aliphatic rings. The van der Waals surface area contributed by atoms with Crippen molar-refractivity contribution in [2.45, 2.75) is 50.0 Å². The molecule has 0 aromatic heterocycles. The third-order valence-electron chi connectivity index (χ3n) is 4.86. The number of carbonyl (C=O) groups is 2. The smallest absolute Gasteiger partial charge is 0.264 e. The van der Waals surface area contributed by atoms with Gasteiger partial charge in [-0.05, 0) is 31.9 Å². The van der Waals surface area contributed by atoms with Crippen LogP contribution in [0.2, 0.25) is 0 Å². The second-order valence-electron chi connectivity index (χ2n) is 6.67. The number of rotatable bonds is 4. The van der Waals surface area contributed by atoms with Gasteiger partial charge in [-0.3, -0.25) is 9.59 Å². The summed E-state index contributed by atoms with van der Waals surface area (Å²) >= 11 is 0. The number of sulfonamides is 1. The maximum Gasteiger partial charge on any atom is 0.264 e. The van der Waals surface area contributed by atoms with Gasteiger partial charge in [0.05, 0.1) is 10.8 Å². The van der Waals surface area contributed by atoms with Crippen LogP contribution in [-0.4, -0.2) is 37.7 Å². The number of hydrogen-bond donors (Lipinski definition) is 1. The first-order valence-corrected chi connectivity index (χ1v) is 9.78. The molecule has 24 heavy (non-hydrogen) atoms. The number of benzene rings is 1. The van der Waals surface area contributed by atoms with Gasteiger partial charge in [-0.2, -0.15) is 0 Å². The Balaban J connectivity index is 1.66. The van der Waals surface area contributed by atoms with Crippen molar-refractivity contribution < 1.29 is 18.0 Å². The Morgan fingerprint density at radius 1 is 1.17 bits per heavy atom. The molecule has 0 radical (unpaired) electrons. The Bertz CT molecular complexity index is 736. The van der Waals surface area contributed by atoms with Crippen LogP contribution in [0.5, 0.6) is 0 Å². The maximum atomic E-state index is 12.3. The third-order valence-corrected chi connectivity index (χ3v) is 6.22. The van der Waals surface area contributed by atoms with Crippen molar-refractivity contribution in [1.82, 2.24) is 9.62 Å². The summed E-state index contributed by atoms with van der Waals surface area (Å²) in [5, 5.41) is 0. The van der Waals surface area contributed by atoms with Gasteiger partial charge in [0.15, 0.2) is 0 Å². The van der Waals surface area contributed by atoms with Crippen LogP contribution in [0.3, 0.4) is 0 Å². The zero-order chi connectivity index (χ0) is 17.3. The molecule has 7 heteroatoms. The van der Waals surface area contributed by atoms with Crippen molar-refractivity contribution in [3.63, 3.8) is 0 Å². The number of nitrogens with one attached hydrogen (secondary N) is 1. The van der Waals surface area contributed by atoms with Gasteiger partial charge in [-0.1, -0.05) is 30.5 Å². The summed E-state index contributed by atoms with van der Waals surface area (Å²) in [6.45, 7) is 2.18. The van der Waals surface area contributed by atoms with Crippen LogP contribution in [0.15, 0.2) is 29.2 Å². The average Bonchev–Trinajstić information content (AvgIpc) is 3.16. The van der Waals surface area contributed by atoms with Gasteiger partial charge in [-0.15, -0.1) is 0 Å². The van der Waals surface area contributed by atoms with Crippen LogP contribution in [0, 0.1) is 12.8 Å². The van der Waals surface area contributed by atoms with E-state index in [1.165, 1.54) is 12.1 Å². The van der Waals surface area contributed by atoms with E-state index in [0.717, 1.165) is 31.2 Å². The van der Waals surface area contributed by atoms with E-state index in [0.29, 0.717) is 6.54 Å². The summed E-state index contributed by atoms with van der Waals surface area (Å²) < 4.78 is 26.7. The largest absolute Gasteiger partial charge is 0.339 e. The molecule has 0 unspecified atom stereocenters. The van der Waals surface area contributed by atoms with E-state index in [9.17, 15) is 18.0 Å². The van der Waals surface area contributed by atoms with Gasteiger partial charge in [0.2, 0.25) is 11.8 Å². The molecular formula is C17H22N2O4S. The molecule has 1 saturated carbocycles. The van der Waals surface area contributed by atoms with E-state index >= 15 is 0 Å². The molecule has 1 saturated heterocycles. The minimum atomic E-state index is -3.90. The standard InChI is InChI=1S/C17H22N2O4S/c1-12-6-8-15(9-7-12)24(22,23)18-17(21)13-10-16(20)19(11-13)14-4-2-3-5-14/h6-9,13-14H,2-5,10-11H2,1H3,(H,18,21)/t13-/m1/s1. The molecule has 0 spiro atoms. The maximum absolute atomic E-state index is 12.3. The predicted molar refractivity (Wildman–Crippen MR) is 88.6 cm³/mol. The van der Waals surface area contributed by atoms with Gasteiger partial charge >= 0.3 is 0 Å². The molecule has 0 bridgehead atoms. The van der Waals surface area contributed by atoms with Gasteiger partial charge in [-0.25, -0.2) is 13.1 Å². The van der Waals surface area contributed by atoms with E-state index in [2.05, 4.69) is 4.72 Å². The Hall–Kier alpha value is -1.89. The first kappa shape index (κ1) is 17.0. The topological polar surface area (TPSA) is 83.5 Å². The molecule has 1 heterocycles. The molecular weight excluding hydrogens is 328 g/mol. The summed E-state index contributed by atoms with van der Waals surface area (Å²) in [6, 6.07) is 6.51. The summed E-state index contributed by atoms with van der Waals surface area (Å²) in [5.41, 5.74) is 0.939. The normalized spacial score (nSPS) is 22.1. The van der Waals surface area contributed by atoms with Crippen molar-refractivity contribution >= 4 is 21.8 Å². The lowest BCUT2D eigenvalue weighted by molar-refractivity contribution is -0.130. The summed E-state index contributed by atoms with van der Waals surface area (Å²) in [6.07, 6.45) is 4.25. The lowest BCUT2D eigenvalue weighted by atomic mass is 10.1. The molecule has 1 aliphatic carbocycles. The fourth-order valence-electron chi connectivity index (χ4n) is 3.47. The molecule has 1 aromatic carbocycles. The summed E-state index contributed by atoms with van der Waals surface area (Å²) in [7, 11) is -3.90. The molecule has 1 aliphatic heterocycles. The monoisotopic (exact) mass is 350 g/mol. The van der Waals surface area contributed by atoms with Crippen molar-refractivity contribution in [2.24, 2.45) is 5.92 Å². The lowest BCUT2D eigenvalue weighted by Crippen LogP contribution is -2.38. The molecule has 130 valence electrons. The second kappa shape index (κ2) is 6.55. The number of amides is 2. The van der Waals surface area contributed by atoms with E-state index in [-0.39, 0.29) is 23.3 Å². The lowest BCUT2D eigenvalue weighted by Gasteiger charge is -2.23. The third kappa shape index (κ3) is 3.45. The zero-order valence-corrected chi connectivity index (χ0v) is 14.5. The van der Waals surface area contributed by atoms with Crippen LogP contribution in [0.4, 0.5) is 0 Å². The highest BCUT2D eigenvalue weighted by Gasteiger charge is 2.39. The van der Waals surface area contributed by atoms with Crippen LogP contribution < -0.4 is 4.72 Å². The minimum absolute atomic E-state index is 0.0465. The van der Waals surface area contributed by atoms with Crippen LogP contribution >= 0.6 is 0 Å². The fraction of sp³-hybridized carbons (Fsp3) is 0.529. The highest BCUT2D eigenvalue weighted by Crippen LogP contribution is 2.29. The molecule has 2 amide bonds. The Kier molecular flexibility index (Phi) is 4.62. The zero-order valence-electron chi connectivity index (χ0n) is 13.7. The molecule has 1 N–H and O–H groups in total. The van der Waals surface area contributed by atoms with E-state index < -0.39 is 21.8 Å². The fourth-order valence-corrected chi connectivity index (χ4v) is 4.51. The minimum Gasteiger partial charge on any atom is -0.339 e.